The number of methoxy groups -OCH3 is 1. The second kappa shape index (κ2) is 11.8. The van der Waals surface area contributed by atoms with Gasteiger partial charge in [0.05, 0.1) is 22.8 Å². The predicted octanol–water partition coefficient (Wildman–Crippen LogP) is 5.87. The first-order chi connectivity index (χ1) is 15.5. The van der Waals surface area contributed by atoms with Gasteiger partial charge in [-0.1, -0.05) is 53.5 Å². The average molecular weight is 538 g/mol. The Balaban J connectivity index is 1.58. The van der Waals surface area contributed by atoms with Gasteiger partial charge < -0.3 is 14.2 Å². The van der Waals surface area contributed by atoms with Crippen molar-refractivity contribution in [1.82, 2.24) is 5.43 Å². The molecule has 0 fully saturated rings. The van der Waals surface area contributed by atoms with Crippen molar-refractivity contribution in [3.63, 3.8) is 0 Å². The zero-order chi connectivity index (χ0) is 22.9. The van der Waals surface area contributed by atoms with Crippen molar-refractivity contribution >= 4 is 51.3 Å². The first-order valence-electron chi connectivity index (χ1n) is 9.40. The molecular weight excluding hydrogens is 519 g/mol. The first kappa shape index (κ1) is 23.9. The van der Waals surface area contributed by atoms with Crippen LogP contribution in [0, 0.1) is 0 Å². The average Bonchev–Trinajstić information content (AvgIpc) is 2.79. The maximum atomic E-state index is 12.0. The number of nitrogens with zero attached hydrogens (tertiary/aromatic N) is 1. The molecule has 1 N–H and O–H groups in total. The van der Waals surface area contributed by atoms with E-state index in [0.717, 1.165) is 5.56 Å². The lowest BCUT2D eigenvalue weighted by molar-refractivity contribution is -0.123. The number of hydrogen-bond donors (Lipinski definition) is 1. The molecule has 3 rings (SSSR count). The van der Waals surface area contributed by atoms with E-state index in [1.807, 2.05) is 30.3 Å². The van der Waals surface area contributed by atoms with Gasteiger partial charge in [0.1, 0.15) is 12.4 Å². The van der Waals surface area contributed by atoms with Gasteiger partial charge in [0.25, 0.3) is 5.91 Å². The van der Waals surface area contributed by atoms with E-state index in [0.29, 0.717) is 43.9 Å². The smallest absolute Gasteiger partial charge is 0.277 e. The number of benzene rings is 3. The minimum atomic E-state index is -0.453. The van der Waals surface area contributed by atoms with Gasteiger partial charge in [-0.3, -0.25) is 4.79 Å². The van der Waals surface area contributed by atoms with Gasteiger partial charge in [-0.05, 0) is 51.3 Å². The van der Waals surface area contributed by atoms with Crippen molar-refractivity contribution in [2.45, 2.75) is 6.61 Å². The van der Waals surface area contributed by atoms with Crippen molar-refractivity contribution in [2.24, 2.45) is 5.10 Å². The summed E-state index contributed by atoms with van der Waals surface area (Å²) in [4.78, 5) is 12.0. The minimum absolute atomic E-state index is 0.267. The molecule has 6 nitrogen and oxygen atoms in total. The molecule has 0 bridgehead atoms. The Labute approximate surface area is 204 Å². The van der Waals surface area contributed by atoms with Gasteiger partial charge in [-0.15, -0.1) is 0 Å². The molecule has 3 aromatic carbocycles. The van der Waals surface area contributed by atoms with Gasteiger partial charge in [-0.2, -0.15) is 5.10 Å². The number of carbonyl (C=O) groups excluding carboxylic acids is 1. The molecule has 0 saturated heterocycles. The maximum Gasteiger partial charge on any atom is 0.277 e. The minimum Gasteiger partial charge on any atom is -0.493 e. The van der Waals surface area contributed by atoms with Gasteiger partial charge >= 0.3 is 0 Å². The molecule has 9 heteroatoms. The lowest BCUT2D eigenvalue weighted by Gasteiger charge is -2.13. The number of halogens is 3. The summed E-state index contributed by atoms with van der Waals surface area (Å²) < 4.78 is 17.4. The number of ether oxygens (including phenoxy) is 3. The van der Waals surface area contributed by atoms with E-state index in [9.17, 15) is 4.79 Å². The summed E-state index contributed by atoms with van der Waals surface area (Å²) in [5.41, 5.74) is 4.13. The van der Waals surface area contributed by atoms with Crippen molar-refractivity contribution in [1.29, 1.82) is 0 Å². The second-order valence-corrected chi connectivity index (χ2v) is 8.16. The quantitative estimate of drug-likeness (QED) is 0.273. The Bertz CT molecular complexity index is 1110. The summed E-state index contributed by atoms with van der Waals surface area (Å²) in [6, 6.07) is 18.1. The van der Waals surface area contributed by atoms with Crippen LogP contribution in [0.2, 0.25) is 10.0 Å². The van der Waals surface area contributed by atoms with Crippen LogP contribution in [0.25, 0.3) is 0 Å². The van der Waals surface area contributed by atoms with Crippen molar-refractivity contribution in [2.75, 3.05) is 13.7 Å². The number of hydrazone groups is 1. The standard InChI is InChI=1S/C23H19BrCl2N2O4/c1-30-21-10-16(9-18(24)23(21)32-13-15-5-3-2-4-6-15)12-27-28-22(29)14-31-20-11-17(25)7-8-19(20)26/h2-12H,13-14H2,1H3,(H,28,29)/b27-12+. The fourth-order valence-electron chi connectivity index (χ4n) is 2.63. The molecule has 166 valence electrons. The zero-order valence-electron chi connectivity index (χ0n) is 17.0. The summed E-state index contributed by atoms with van der Waals surface area (Å²) in [5.74, 6) is 0.968. The van der Waals surface area contributed by atoms with Gasteiger partial charge in [0, 0.05) is 11.1 Å². The number of nitrogens with one attached hydrogen (secondary N) is 1. The third-order valence-corrected chi connectivity index (χ3v) is 5.27. The fraction of sp³-hybridized carbons (Fsp3) is 0.130. The van der Waals surface area contributed by atoms with E-state index >= 15 is 0 Å². The van der Waals surface area contributed by atoms with E-state index in [1.54, 1.807) is 31.4 Å². The number of amides is 1. The Hall–Kier alpha value is -2.74. The van der Waals surface area contributed by atoms with E-state index < -0.39 is 5.91 Å². The largest absolute Gasteiger partial charge is 0.493 e. The Morgan fingerprint density at radius 3 is 2.59 bits per heavy atom. The van der Waals surface area contributed by atoms with Crippen molar-refractivity contribution in [3.05, 3.63) is 86.3 Å². The molecular formula is C23H19BrCl2N2O4. The van der Waals surface area contributed by atoms with Crippen LogP contribution in [0.3, 0.4) is 0 Å². The van der Waals surface area contributed by atoms with Gasteiger partial charge in [-0.25, -0.2) is 5.43 Å². The molecule has 0 unspecified atom stereocenters. The monoisotopic (exact) mass is 536 g/mol. The highest BCUT2D eigenvalue weighted by molar-refractivity contribution is 9.10. The third-order valence-electron chi connectivity index (χ3n) is 4.13. The Morgan fingerprint density at radius 1 is 1.06 bits per heavy atom. The number of rotatable bonds is 9. The molecule has 0 heterocycles. The van der Waals surface area contributed by atoms with E-state index in [2.05, 4.69) is 26.5 Å². The molecule has 32 heavy (non-hydrogen) atoms. The van der Waals surface area contributed by atoms with Gasteiger partial charge in [0.15, 0.2) is 18.1 Å². The van der Waals surface area contributed by atoms with Crippen LogP contribution < -0.4 is 19.6 Å². The van der Waals surface area contributed by atoms with E-state index in [1.165, 1.54) is 12.3 Å². The molecule has 0 spiro atoms. The highest BCUT2D eigenvalue weighted by atomic mass is 79.9. The maximum absolute atomic E-state index is 12.0. The molecule has 0 saturated carbocycles. The topological polar surface area (TPSA) is 69.2 Å². The zero-order valence-corrected chi connectivity index (χ0v) is 20.1. The molecule has 3 aromatic rings. The van der Waals surface area contributed by atoms with Crippen molar-refractivity contribution in [3.8, 4) is 17.2 Å². The molecule has 0 aromatic heterocycles. The SMILES string of the molecule is COc1cc(/C=N/NC(=O)COc2cc(Cl)ccc2Cl)cc(Br)c1OCc1ccccc1. The van der Waals surface area contributed by atoms with Crippen LogP contribution in [0.15, 0.2) is 70.2 Å². The molecule has 0 aliphatic heterocycles. The van der Waals surface area contributed by atoms with Crippen LogP contribution in [-0.2, 0) is 11.4 Å². The summed E-state index contributed by atoms with van der Waals surface area (Å²) in [5, 5.41) is 4.77. The molecule has 0 aliphatic carbocycles. The van der Waals surface area contributed by atoms with Gasteiger partial charge in [0.2, 0.25) is 0 Å². The lowest BCUT2D eigenvalue weighted by Crippen LogP contribution is -2.24. The number of hydrogen-bond acceptors (Lipinski definition) is 5. The first-order valence-corrected chi connectivity index (χ1v) is 10.9. The molecule has 0 radical (unpaired) electrons. The summed E-state index contributed by atoms with van der Waals surface area (Å²) in [6.07, 6.45) is 1.48. The van der Waals surface area contributed by atoms with Crippen LogP contribution in [0.4, 0.5) is 0 Å². The summed E-state index contributed by atoms with van der Waals surface area (Å²) >= 11 is 15.4. The second-order valence-electron chi connectivity index (χ2n) is 6.46. The molecule has 0 atom stereocenters. The van der Waals surface area contributed by atoms with Crippen LogP contribution >= 0.6 is 39.1 Å². The number of carbonyl (C=O) groups is 1. The van der Waals surface area contributed by atoms with Crippen molar-refractivity contribution < 1.29 is 19.0 Å². The molecule has 1 amide bonds. The summed E-state index contributed by atoms with van der Waals surface area (Å²) in [7, 11) is 1.55. The normalized spacial score (nSPS) is 10.8. The fourth-order valence-corrected chi connectivity index (χ4v) is 3.53. The highest BCUT2D eigenvalue weighted by Gasteiger charge is 2.12. The van der Waals surface area contributed by atoms with Crippen LogP contribution in [-0.4, -0.2) is 25.8 Å². The van der Waals surface area contributed by atoms with Crippen LogP contribution in [0.1, 0.15) is 11.1 Å². The summed E-state index contributed by atoms with van der Waals surface area (Å²) in [6.45, 7) is 0.132. The van der Waals surface area contributed by atoms with Crippen LogP contribution in [0.5, 0.6) is 17.2 Å². The molecule has 0 aliphatic rings. The van der Waals surface area contributed by atoms with E-state index in [4.69, 9.17) is 37.4 Å². The third kappa shape index (κ3) is 6.88. The highest BCUT2D eigenvalue weighted by Crippen LogP contribution is 2.36. The Kier molecular flexibility index (Phi) is 8.79. The van der Waals surface area contributed by atoms with E-state index in [-0.39, 0.29) is 6.61 Å². The Morgan fingerprint density at radius 2 is 1.84 bits per heavy atom. The predicted molar refractivity (Wildman–Crippen MR) is 129 cm³/mol. The lowest BCUT2D eigenvalue weighted by atomic mass is 10.2.